The van der Waals surface area contributed by atoms with Crippen LogP contribution in [0.4, 0.5) is 11.4 Å². The Labute approximate surface area is 266 Å². The highest BCUT2D eigenvalue weighted by Crippen LogP contribution is 2.31. The maximum Gasteiger partial charge on any atom is 0.247 e. The van der Waals surface area contributed by atoms with E-state index in [9.17, 15) is 19.2 Å². The third-order valence-corrected chi connectivity index (χ3v) is 9.28. The monoisotopic (exact) mass is 621 g/mol. The lowest BCUT2D eigenvalue weighted by Crippen LogP contribution is -2.43. The zero-order valence-corrected chi connectivity index (χ0v) is 25.9. The minimum absolute atomic E-state index is 0.0296. The standard InChI is InChI=1S/C35H35N5O4S/c1-23(41)39-19-5-9-30(39)33(43)36-28-17-13-26(14-18-28)35-38-29(22-45-35)25-11-15-27(16-12-25)37-34(44)31-10-6-20-40(31)32(42)21-24-7-3-2-4-8-24/h2-4,7-8,11-18,22,30-31H,5-6,9-10,19-21H2,1H3,(H,36,43)(H,37,44)/t30-,31-/m0/s1. The molecule has 1 aromatic heterocycles. The highest BCUT2D eigenvalue weighted by Gasteiger charge is 2.34. The van der Waals surface area contributed by atoms with Gasteiger partial charge in [0.1, 0.15) is 17.1 Å². The number of aromatic nitrogens is 1. The van der Waals surface area contributed by atoms with Gasteiger partial charge in [-0.2, -0.15) is 0 Å². The summed E-state index contributed by atoms with van der Waals surface area (Å²) in [5.74, 6) is -0.441. The van der Waals surface area contributed by atoms with Crippen LogP contribution in [0, 0.1) is 0 Å². The maximum atomic E-state index is 13.1. The first-order valence-corrected chi connectivity index (χ1v) is 16.1. The van der Waals surface area contributed by atoms with Gasteiger partial charge in [-0.3, -0.25) is 19.2 Å². The van der Waals surface area contributed by atoms with E-state index in [4.69, 9.17) is 4.98 Å². The third-order valence-electron chi connectivity index (χ3n) is 8.39. The van der Waals surface area contributed by atoms with Crippen LogP contribution in [0.5, 0.6) is 0 Å². The summed E-state index contributed by atoms with van der Waals surface area (Å²) in [7, 11) is 0. The van der Waals surface area contributed by atoms with E-state index in [-0.39, 0.29) is 30.0 Å². The van der Waals surface area contributed by atoms with Gasteiger partial charge in [0.05, 0.1) is 12.1 Å². The van der Waals surface area contributed by atoms with Crippen LogP contribution in [-0.2, 0) is 25.6 Å². The van der Waals surface area contributed by atoms with Crippen LogP contribution in [0.2, 0.25) is 0 Å². The molecule has 0 spiro atoms. The molecule has 0 unspecified atom stereocenters. The van der Waals surface area contributed by atoms with Gasteiger partial charge in [-0.1, -0.05) is 42.5 Å². The van der Waals surface area contributed by atoms with Crippen LogP contribution < -0.4 is 10.6 Å². The predicted molar refractivity (Wildman–Crippen MR) is 176 cm³/mol. The van der Waals surface area contributed by atoms with Crippen LogP contribution in [0.3, 0.4) is 0 Å². The molecule has 4 amide bonds. The number of hydrogen-bond donors (Lipinski definition) is 2. The topological polar surface area (TPSA) is 112 Å². The Balaban J connectivity index is 1.05. The first-order chi connectivity index (χ1) is 21.9. The number of thiazole rings is 1. The molecular formula is C35H35N5O4S. The lowest BCUT2D eigenvalue weighted by Gasteiger charge is -2.24. The summed E-state index contributed by atoms with van der Waals surface area (Å²) in [5.41, 5.74) is 4.97. The Morgan fingerprint density at radius 2 is 1.31 bits per heavy atom. The average Bonchev–Trinajstić information content (AvgIpc) is 3.84. The maximum absolute atomic E-state index is 13.1. The number of hydrogen-bond acceptors (Lipinski definition) is 6. The van der Waals surface area contributed by atoms with E-state index < -0.39 is 12.1 Å². The van der Waals surface area contributed by atoms with Gasteiger partial charge in [0.15, 0.2) is 0 Å². The SMILES string of the molecule is CC(=O)N1CCC[C@H]1C(=O)Nc1ccc(-c2nc(-c3ccc(NC(=O)[C@@H]4CCCN4C(=O)Cc4ccccc4)cc3)cs2)cc1. The Hall–Kier alpha value is -4.83. The van der Waals surface area contributed by atoms with Crippen LogP contribution in [-0.4, -0.2) is 63.6 Å². The van der Waals surface area contributed by atoms with Gasteiger partial charge in [0.25, 0.3) is 0 Å². The highest BCUT2D eigenvalue weighted by atomic mass is 32.1. The van der Waals surface area contributed by atoms with Gasteiger partial charge in [-0.25, -0.2) is 4.98 Å². The Morgan fingerprint density at radius 1 is 0.756 bits per heavy atom. The number of carbonyl (C=O) groups excluding carboxylic acids is 4. The van der Waals surface area contributed by atoms with Crippen molar-refractivity contribution in [1.29, 1.82) is 0 Å². The molecule has 230 valence electrons. The molecule has 2 aliphatic rings. The van der Waals surface area contributed by atoms with Crippen molar-refractivity contribution in [3.8, 4) is 21.8 Å². The summed E-state index contributed by atoms with van der Waals surface area (Å²) < 4.78 is 0. The second-order valence-electron chi connectivity index (χ2n) is 11.4. The second kappa shape index (κ2) is 13.4. The zero-order valence-electron chi connectivity index (χ0n) is 25.1. The van der Waals surface area contributed by atoms with Gasteiger partial charge in [-0.05, 0) is 67.6 Å². The quantitative estimate of drug-likeness (QED) is 0.266. The number of anilines is 2. The van der Waals surface area contributed by atoms with Crippen LogP contribution in [0.1, 0.15) is 38.2 Å². The smallest absolute Gasteiger partial charge is 0.247 e. The molecule has 2 fully saturated rings. The first kappa shape index (κ1) is 30.2. The van der Waals surface area contributed by atoms with Crippen LogP contribution >= 0.6 is 11.3 Å². The number of benzene rings is 3. The van der Waals surface area contributed by atoms with E-state index in [0.717, 1.165) is 40.2 Å². The molecule has 0 aliphatic carbocycles. The Bertz CT molecular complexity index is 1690. The molecule has 3 heterocycles. The molecule has 3 aromatic carbocycles. The third kappa shape index (κ3) is 6.96. The fourth-order valence-electron chi connectivity index (χ4n) is 6.04. The summed E-state index contributed by atoms with van der Waals surface area (Å²) in [6.45, 7) is 2.71. The summed E-state index contributed by atoms with van der Waals surface area (Å²) in [6, 6.07) is 23.8. The van der Waals surface area contributed by atoms with E-state index in [1.807, 2.05) is 84.2 Å². The average molecular weight is 622 g/mol. The molecule has 2 atom stereocenters. The van der Waals surface area contributed by atoms with Crippen LogP contribution in [0.25, 0.3) is 21.8 Å². The van der Waals surface area contributed by atoms with Gasteiger partial charge in [0.2, 0.25) is 23.6 Å². The normalized spacial score (nSPS) is 17.7. The van der Waals surface area contributed by atoms with E-state index >= 15 is 0 Å². The molecule has 9 nitrogen and oxygen atoms in total. The van der Waals surface area contributed by atoms with Crippen molar-refractivity contribution >= 4 is 46.3 Å². The number of likely N-dealkylation sites (tertiary alicyclic amines) is 2. The molecule has 4 aromatic rings. The van der Waals surface area contributed by atoms with E-state index in [1.165, 1.54) is 18.3 Å². The van der Waals surface area contributed by atoms with E-state index in [0.29, 0.717) is 37.3 Å². The molecule has 0 saturated carbocycles. The second-order valence-corrected chi connectivity index (χ2v) is 12.3. The predicted octanol–water partition coefficient (Wildman–Crippen LogP) is 5.60. The molecule has 6 rings (SSSR count). The summed E-state index contributed by atoms with van der Waals surface area (Å²) in [6.07, 6.45) is 3.25. The molecule has 2 N–H and O–H groups in total. The van der Waals surface area contributed by atoms with Gasteiger partial charge < -0.3 is 20.4 Å². The van der Waals surface area contributed by atoms with Crippen molar-refractivity contribution < 1.29 is 19.2 Å². The number of nitrogens with one attached hydrogen (secondary N) is 2. The van der Waals surface area contributed by atoms with Crippen molar-refractivity contribution in [2.75, 3.05) is 23.7 Å². The van der Waals surface area contributed by atoms with Crippen LogP contribution in [0.15, 0.2) is 84.2 Å². The fourth-order valence-corrected chi connectivity index (χ4v) is 6.87. The molecule has 45 heavy (non-hydrogen) atoms. The van der Waals surface area contributed by atoms with Crippen molar-refractivity contribution in [3.63, 3.8) is 0 Å². The lowest BCUT2D eigenvalue weighted by atomic mass is 10.1. The number of amides is 4. The molecule has 0 radical (unpaired) electrons. The van der Waals surface area contributed by atoms with Crippen molar-refractivity contribution in [1.82, 2.24) is 14.8 Å². The Kier molecular flexibility index (Phi) is 9.02. The van der Waals surface area contributed by atoms with E-state index in [2.05, 4.69) is 10.6 Å². The molecule has 0 bridgehead atoms. The summed E-state index contributed by atoms with van der Waals surface area (Å²) >= 11 is 1.53. The minimum atomic E-state index is -0.473. The van der Waals surface area contributed by atoms with Gasteiger partial charge >= 0.3 is 0 Å². The number of rotatable bonds is 8. The zero-order chi connectivity index (χ0) is 31.3. The molecular weight excluding hydrogens is 586 g/mol. The highest BCUT2D eigenvalue weighted by molar-refractivity contribution is 7.13. The van der Waals surface area contributed by atoms with Gasteiger partial charge in [0, 0.05) is 47.9 Å². The van der Waals surface area contributed by atoms with Crippen molar-refractivity contribution in [2.45, 2.75) is 51.1 Å². The van der Waals surface area contributed by atoms with E-state index in [1.54, 1.807) is 9.80 Å². The first-order valence-electron chi connectivity index (χ1n) is 15.2. The lowest BCUT2D eigenvalue weighted by molar-refractivity contribution is -0.136. The van der Waals surface area contributed by atoms with Crippen molar-refractivity contribution in [3.05, 3.63) is 89.8 Å². The summed E-state index contributed by atoms with van der Waals surface area (Å²) in [4.78, 5) is 58.8. The molecule has 2 saturated heterocycles. The molecule has 2 aliphatic heterocycles. The summed E-state index contributed by atoms with van der Waals surface area (Å²) in [5, 5.41) is 8.76. The fraction of sp³-hybridized carbons (Fsp3) is 0.286. The largest absolute Gasteiger partial charge is 0.331 e. The number of carbonyl (C=O) groups is 4. The van der Waals surface area contributed by atoms with Gasteiger partial charge in [-0.15, -0.1) is 11.3 Å². The minimum Gasteiger partial charge on any atom is -0.331 e. The number of nitrogens with zero attached hydrogens (tertiary/aromatic N) is 3. The van der Waals surface area contributed by atoms with Crippen molar-refractivity contribution in [2.24, 2.45) is 0 Å². The Morgan fingerprint density at radius 3 is 1.91 bits per heavy atom. The molecule has 10 heteroatoms.